The van der Waals surface area contributed by atoms with Crippen molar-refractivity contribution >= 4 is 19.3 Å². The molecule has 0 bridgehead atoms. The maximum absolute atomic E-state index is 5.54. The van der Waals surface area contributed by atoms with Gasteiger partial charge in [-0.2, -0.15) is 5.10 Å². The summed E-state index contributed by atoms with van der Waals surface area (Å²) in [5, 5.41) is 13.2. The predicted octanol–water partition coefficient (Wildman–Crippen LogP) is 0.797. The highest BCUT2D eigenvalue weighted by Gasteiger charge is 2.15. The minimum atomic E-state index is -1.32. The summed E-state index contributed by atoms with van der Waals surface area (Å²) in [6, 6.07) is 3.77. The first kappa shape index (κ1) is 12.9. The van der Waals surface area contributed by atoms with Crippen molar-refractivity contribution < 1.29 is 0 Å². The molecule has 0 unspecified atom stereocenters. The van der Waals surface area contributed by atoms with Crippen LogP contribution in [0.1, 0.15) is 12.7 Å². The fraction of sp³-hybridized carbons (Fsp3) is 0.273. The summed E-state index contributed by atoms with van der Waals surface area (Å²) in [7, 11) is -1.32. The van der Waals surface area contributed by atoms with Crippen LogP contribution in [0.25, 0.3) is 0 Å². The van der Waals surface area contributed by atoms with Gasteiger partial charge in [-0.25, -0.2) is 10.2 Å². The van der Waals surface area contributed by atoms with Gasteiger partial charge in [0.05, 0.1) is 0 Å². The van der Waals surface area contributed by atoms with Gasteiger partial charge < -0.3 is 18.3 Å². The van der Waals surface area contributed by atoms with Gasteiger partial charge in [0.2, 0.25) is 0 Å². The molecule has 3 aromatic rings. The largest absolute Gasteiger partial charge is 0.403 e. The lowest BCUT2D eigenvalue weighted by Crippen LogP contribution is -2.43. The fourth-order valence-corrected chi connectivity index (χ4v) is 2.87. The van der Waals surface area contributed by atoms with Crippen molar-refractivity contribution in [1.29, 1.82) is 0 Å². The smallest absolute Gasteiger partial charge is 0.328 e. The van der Waals surface area contributed by atoms with Crippen molar-refractivity contribution in [3.8, 4) is 0 Å². The van der Waals surface area contributed by atoms with Crippen LogP contribution in [0.15, 0.2) is 36.9 Å². The summed E-state index contributed by atoms with van der Waals surface area (Å²) < 4.78 is 8.25. The highest BCUT2D eigenvalue weighted by molar-refractivity contribution is 7.71. The highest BCUT2D eigenvalue weighted by Crippen LogP contribution is 2.04. The van der Waals surface area contributed by atoms with Crippen molar-refractivity contribution in [2.75, 3.05) is 0 Å². The number of aryl methyl sites for hydroxylation is 1. The van der Waals surface area contributed by atoms with Crippen molar-refractivity contribution in [1.82, 2.24) is 33.6 Å². The first-order chi connectivity index (χ1) is 9.72. The zero-order valence-corrected chi connectivity index (χ0v) is 12.2. The topological polar surface area (TPSA) is 58.4 Å². The molecule has 20 heavy (non-hydrogen) atoms. The lowest BCUT2D eigenvalue weighted by atomic mass is 9.96. The Morgan fingerprint density at radius 2 is 1.75 bits per heavy atom. The molecular weight excluding hydrogens is 273 g/mol. The second kappa shape index (κ2) is 5.08. The van der Waals surface area contributed by atoms with Gasteiger partial charge >= 0.3 is 7.12 Å². The Kier molecular flexibility index (Phi) is 3.27. The molecule has 0 saturated heterocycles. The van der Waals surface area contributed by atoms with Gasteiger partial charge in [0.15, 0.2) is 4.77 Å². The third-order valence-corrected chi connectivity index (χ3v) is 3.82. The fourth-order valence-electron chi connectivity index (χ4n) is 2.46. The molecule has 0 aliphatic carbocycles. The number of hydrogen-bond acceptors (Lipinski definition) is 4. The van der Waals surface area contributed by atoms with E-state index in [1.807, 2.05) is 49.8 Å². The molecule has 0 fully saturated rings. The molecule has 0 radical (unpaired) electrons. The number of hydrogen-bond donors (Lipinski definition) is 0. The molecule has 3 rings (SSSR count). The number of rotatable bonds is 4. The molecule has 0 aliphatic rings. The van der Waals surface area contributed by atoms with E-state index < -0.39 is 7.12 Å². The van der Waals surface area contributed by atoms with Crippen molar-refractivity contribution in [3.63, 3.8) is 0 Å². The number of aromatic nitrogens is 7. The van der Waals surface area contributed by atoms with E-state index in [1.165, 1.54) is 0 Å². The van der Waals surface area contributed by atoms with E-state index in [-0.39, 0.29) is 0 Å². The van der Waals surface area contributed by atoms with Crippen LogP contribution < -0.4 is 0 Å². The van der Waals surface area contributed by atoms with Crippen LogP contribution in [-0.4, -0.2) is 40.8 Å². The van der Waals surface area contributed by atoms with E-state index in [4.69, 9.17) is 12.2 Å². The van der Waals surface area contributed by atoms with E-state index in [9.17, 15) is 0 Å². The summed E-state index contributed by atoms with van der Waals surface area (Å²) in [4.78, 5) is 0. The van der Waals surface area contributed by atoms with Gasteiger partial charge in [0, 0.05) is 18.9 Å². The number of nitrogens with zero attached hydrogens (tertiary/aromatic N) is 7. The summed E-state index contributed by atoms with van der Waals surface area (Å²) >= 11 is 5.54. The molecule has 9 heteroatoms. The van der Waals surface area contributed by atoms with E-state index in [1.54, 1.807) is 12.4 Å². The van der Waals surface area contributed by atoms with E-state index in [0.717, 1.165) is 12.4 Å². The normalized spacial score (nSPS) is 11.3. The Bertz CT molecular complexity index is 706. The summed E-state index contributed by atoms with van der Waals surface area (Å²) in [6.45, 7) is 4.81. The van der Waals surface area contributed by atoms with Gasteiger partial charge in [-0.3, -0.25) is 0 Å². The Labute approximate surface area is 121 Å². The van der Waals surface area contributed by atoms with E-state index in [2.05, 4.69) is 22.2 Å². The van der Waals surface area contributed by atoms with Crippen LogP contribution in [0.4, 0.5) is 0 Å². The minimum absolute atomic E-state index is 0.691. The maximum atomic E-state index is 5.54. The average molecular weight is 288 g/mol. The van der Waals surface area contributed by atoms with Crippen molar-refractivity contribution in [3.05, 3.63) is 47.5 Å². The van der Waals surface area contributed by atoms with Crippen LogP contribution in [0.3, 0.4) is 0 Å². The second-order valence-electron chi connectivity index (χ2n) is 4.59. The maximum Gasteiger partial charge on any atom is 0.328 e. The minimum Gasteiger partial charge on any atom is -0.403 e. The molecule has 3 heterocycles. The molecule has 104 valence electrons. The molecule has 7 nitrogen and oxygen atoms in total. The molecule has 0 spiro atoms. The Hall–Kier alpha value is -2.16. The van der Waals surface area contributed by atoms with E-state index in [0.29, 0.717) is 4.77 Å². The summed E-state index contributed by atoms with van der Waals surface area (Å²) in [5.41, 5.74) is 0. The van der Waals surface area contributed by atoms with Crippen LogP contribution in [0.5, 0.6) is 0 Å². The Morgan fingerprint density at radius 1 is 1.15 bits per heavy atom. The van der Waals surface area contributed by atoms with Gasteiger partial charge in [0.1, 0.15) is 5.82 Å². The highest BCUT2D eigenvalue weighted by atomic mass is 32.1. The molecule has 0 aromatic carbocycles. The third-order valence-electron chi connectivity index (χ3n) is 3.39. The molecule has 0 amide bonds. The lowest BCUT2D eigenvalue weighted by molar-refractivity contribution is 0.713. The quantitative estimate of drug-likeness (QED) is 0.526. The second-order valence-corrected chi connectivity index (χ2v) is 4.95. The van der Waals surface area contributed by atoms with Crippen molar-refractivity contribution in [2.24, 2.45) is 0 Å². The molecular formula is C11H15BN7S-. The average Bonchev–Trinajstić information content (AvgIpc) is 3.15. The molecule has 3 aromatic heterocycles. The molecule has 0 aliphatic heterocycles. The van der Waals surface area contributed by atoms with Crippen molar-refractivity contribution in [2.45, 2.75) is 20.4 Å². The zero-order chi connectivity index (χ0) is 14.1. The zero-order valence-electron chi connectivity index (χ0n) is 11.4. The Balaban J connectivity index is 2.19. The molecule has 0 N–H and O–H groups in total. The van der Waals surface area contributed by atoms with Crippen LogP contribution in [0, 0.1) is 11.7 Å². The van der Waals surface area contributed by atoms with Gasteiger partial charge in [-0.05, 0) is 50.6 Å². The predicted molar refractivity (Wildman–Crippen MR) is 79.3 cm³/mol. The van der Waals surface area contributed by atoms with Gasteiger partial charge in [-0.15, -0.1) is 0 Å². The third kappa shape index (κ3) is 1.99. The summed E-state index contributed by atoms with van der Waals surface area (Å²) in [5.74, 6) is 0.898. The van der Waals surface area contributed by atoms with E-state index >= 15 is 0 Å². The molecule has 0 saturated carbocycles. The van der Waals surface area contributed by atoms with Crippen LogP contribution in [-0.2, 0) is 6.54 Å². The van der Waals surface area contributed by atoms with Crippen LogP contribution >= 0.6 is 12.2 Å². The lowest BCUT2D eigenvalue weighted by Gasteiger charge is -2.26. The monoisotopic (exact) mass is 288 g/mol. The van der Waals surface area contributed by atoms with Gasteiger partial charge in [-0.1, -0.05) is 0 Å². The summed E-state index contributed by atoms with van der Waals surface area (Å²) in [6.07, 6.45) is 7.31. The first-order valence-corrected chi connectivity index (χ1v) is 6.94. The SMILES string of the molecule is CCn1c(C)nn([BH-](n2cccn2)n2cccn2)c1=S. The standard InChI is InChI=1S/C11H15BN7S/c1-3-16-10(2)15-19(11(16)20)12(17-8-4-6-13-17)18-9-5-7-14-18/h4-9,12H,3H2,1-2H3/q-1. The van der Waals surface area contributed by atoms with Crippen LogP contribution in [0.2, 0.25) is 0 Å². The van der Waals surface area contributed by atoms with Gasteiger partial charge in [0.25, 0.3) is 0 Å². The molecule has 0 atom stereocenters. The Morgan fingerprint density at radius 3 is 2.15 bits per heavy atom. The first-order valence-electron chi connectivity index (χ1n) is 6.54.